The Balaban J connectivity index is 1.98. The highest BCUT2D eigenvalue weighted by atomic mass is 16.5. The fraction of sp³-hybridized carbons (Fsp3) is 0.579. The van der Waals surface area contributed by atoms with E-state index in [4.69, 9.17) is 14.2 Å². The van der Waals surface area contributed by atoms with E-state index in [-0.39, 0.29) is 24.2 Å². The van der Waals surface area contributed by atoms with Crippen molar-refractivity contribution in [3.8, 4) is 11.5 Å². The number of nitrogens with one attached hydrogen (secondary N) is 1. The number of methoxy groups -OCH3 is 3. The highest BCUT2D eigenvalue weighted by Gasteiger charge is 2.28. The minimum Gasteiger partial charge on any atom is -0.493 e. The van der Waals surface area contributed by atoms with Crippen LogP contribution in [0.2, 0.25) is 0 Å². The fourth-order valence-electron chi connectivity index (χ4n) is 3.15. The molecule has 1 aromatic carbocycles. The highest BCUT2D eigenvalue weighted by Crippen LogP contribution is 2.30. The molecule has 1 fully saturated rings. The van der Waals surface area contributed by atoms with Crippen molar-refractivity contribution in [1.82, 2.24) is 4.90 Å². The van der Waals surface area contributed by atoms with E-state index in [9.17, 15) is 9.59 Å². The topological polar surface area (TPSA) is 77.1 Å². The van der Waals surface area contributed by atoms with Crippen molar-refractivity contribution >= 4 is 17.5 Å². The van der Waals surface area contributed by atoms with Gasteiger partial charge in [0.25, 0.3) is 0 Å². The summed E-state index contributed by atoms with van der Waals surface area (Å²) in [5, 5.41) is 2.84. The van der Waals surface area contributed by atoms with Crippen LogP contribution in [0.25, 0.3) is 0 Å². The Morgan fingerprint density at radius 1 is 1.19 bits per heavy atom. The summed E-state index contributed by atoms with van der Waals surface area (Å²) in [5.41, 5.74) is 0.616. The third-order valence-corrected chi connectivity index (χ3v) is 4.56. The normalized spacial score (nSPS) is 17.6. The molecule has 2 amide bonds. The first kappa shape index (κ1) is 20.0. The van der Waals surface area contributed by atoms with Gasteiger partial charge in [0, 0.05) is 44.3 Å². The second-order valence-electron chi connectivity index (χ2n) is 6.33. The van der Waals surface area contributed by atoms with E-state index in [1.54, 1.807) is 39.5 Å². The molecule has 1 aliphatic heterocycles. The molecule has 1 atom stereocenters. The van der Waals surface area contributed by atoms with Gasteiger partial charge in [-0.05, 0) is 25.0 Å². The van der Waals surface area contributed by atoms with Crippen LogP contribution < -0.4 is 14.8 Å². The summed E-state index contributed by atoms with van der Waals surface area (Å²) < 4.78 is 15.5. The Morgan fingerprint density at radius 3 is 2.65 bits per heavy atom. The number of nitrogens with zero attached hydrogens (tertiary/aromatic N) is 1. The standard InChI is InChI=1S/C19H28N2O5/c1-24-11-10-21-9-5-4-6-14(19(21)23)12-18(22)20-15-7-8-16(25-2)17(13-15)26-3/h7-8,13-14H,4-6,9-12H2,1-3H3,(H,20,22). The van der Waals surface area contributed by atoms with Crippen LogP contribution in [0, 0.1) is 5.92 Å². The van der Waals surface area contributed by atoms with E-state index in [1.165, 1.54) is 0 Å². The molecule has 1 aliphatic rings. The third kappa shape index (κ3) is 5.36. The second-order valence-corrected chi connectivity index (χ2v) is 6.33. The summed E-state index contributed by atoms with van der Waals surface area (Å²) in [6.07, 6.45) is 2.82. The maximum absolute atomic E-state index is 12.7. The average Bonchev–Trinajstić information content (AvgIpc) is 2.81. The first-order valence-electron chi connectivity index (χ1n) is 8.88. The van der Waals surface area contributed by atoms with Gasteiger partial charge in [0.2, 0.25) is 11.8 Å². The smallest absolute Gasteiger partial charge is 0.226 e. The van der Waals surface area contributed by atoms with Gasteiger partial charge in [-0.25, -0.2) is 0 Å². The van der Waals surface area contributed by atoms with Crippen molar-refractivity contribution < 1.29 is 23.8 Å². The molecule has 0 spiro atoms. The zero-order chi connectivity index (χ0) is 18.9. The Hall–Kier alpha value is -2.28. The molecule has 0 aromatic heterocycles. The number of rotatable bonds is 8. The van der Waals surface area contributed by atoms with Gasteiger partial charge in [-0.2, -0.15) is 0 Å². The zero-order valence-electron chi connectivity index (χ0n) is 15.7. The summed E-state index contributed by atoms with van der Waals surface area (Å²) in [5.74, 6) is 0.723. The number of carbonyl (C=O) groups excluding carboxylic acids is 2. The van der Waals surface area contributed by atoms with E-state index >= 15 is 0 Å². The summed E-state index contributed by atoms with van der Waals surface area (Å²) in [7, 11) is 4.72. The Labute approximate surface area is 154 Å². The Morgan fingerprint density at radius 2 is 1.96 bits per heavy atom. The molecule has 0 saturated carbocycles. The number of carbonyl (C=O) groups is 2. The molecular weight excluding hydrogens is 336 g/mol. The average molecular weight is 364 g/mol. The lowest BCUT2D eigenvalue weighted by Crippen LogP contribution is -2.38. The van der Waals surface area contributed by atoms with E-state index < -0.39 is 0 Å². The Bertz CT molecular complexity index is 620. The summed E-state index contributed by atoms with van der Waals surface area (Å²) in [6, 6.07) is 5.19. The first-order chi connectivity index (χ1) is 12.6. The van der Waals surface area contributed by atoms with Crippen LogP contribution in [-0.2, 0) is 14.3 Å². The lowest BCUT2D eigenvalue weighted by atomic mass is 9.98. The molecule has 1 unspecified atom stereocenters. The summed E-state index contributed by atoms with van der Waals surface area (Å²) in [6.45, 7) is 1.81. The van der Waals surface area contributed by atoms with Gasteiger partial charge in [0.15, 0.2) is 11.5 Å². The molecule has 1 heterocycles. The molecule has 0 bridgehead atoms. The van der Waals surface area contributed by atoms with Gasteiger partial charge in [-0.15, -0.1) is 0 Å². The number of likely N-dealkylation sites (tertiary alicyclic amines) is 1. The van der Waals surface area contributed by atoms with Crippen LogP contribution in [-0.4, -0.2) is 57.7 Å². The highest BCUT2D eigenvalue weighted by molar-refractivity contribution is 5.94. The predicted molar refractivity (Wildman–Crippen MR) is 98.6 cm³/mol. The summed E-state index contributed by atoms with van der Waals surface area (Å²) in [4.78, 5) is 26.9. The molecule has 7 heteroatoms. The van der Waals surface area contributed by atoms with Crippen LogP contribution in [0.4, 0.5) is 5.69 Å². The predicted octanol–water partition coefficient (Wildman–Crippen LogP) is 2.31. The maximum atomic E-state index is 12.7. The van der Waals surface area contributed by atoms with Crippen LogP contribution >= 0.6 is 0 Å². The van der Waals surface area contributed by atoms with Crippen molar-refractivity contribution in [2.75, 3.05) is 46.3 Å². The number of benzene rings is 1. The van der Waals surface area contributed by atoms with Gasteiger partial charge in [0.1, 0.15) is 0 Å². The third-order valence-electron chi connectivity index (χ3n) is 4.56. The van der Waals surface area contributed by atoms with Gasteiger partial charge in [0.05, 0.1) is 20.8 Å². The van der Waals surface area contributed by atoms with E-state index in [0.29, 0.717) is 30.3 Å². The van der Waals surface area contributed by atoms with E-state index in [1.807, 2.05) is 4.90 Å². The number of anilines is 1. The van der Waals surface area contributed by atoms with Crippen LogP contribution in [0.15, 0.2) is 18.2 Å². The minimum absolute atomic E-state index is 0.0435. The maximum Gasteiger partial charge on any atom is 0.226 e. The molecule has 2 rings (SSSR count). The van der Waals surface area contributed by atoms with Crippen LogP contribution in [0.5, 0.6) is 11.5 Å². The number of hydrogen-bond acceptors (Lipinski definition) is 5. The minimum atomic E-state index is -0.283. The van der Waals surface area contributed by atoms with Crippen molar-refractivity contribution in [3.63, 3.8) is 0 Å². The molecule has 144 valence electrons. The van der Waals surface area contributed by atoms with Gasteiger partial charge in [-0.1, -0.05) is 6.42 Å². The van der Waals surface area contributed by atoms with E-state index in [2.05, 4.69) is 5.32 Å². The molecule has 0 aliphatic carbocycles. The molecular formula is C19H28N2O5. The quantitative estimate of drug-likeness (QED) is 0.766. The zero-order valence-corrected chi connectivity index (χ0v) is 15.7. The van der Waals surface area contributed by atoms with E-state index in [0.717, 1.165) is 25.8 Å². The van der Waals surface area contributed by atoms with Crippen LogP contribution in [0.3, 0.4) is 0 Å². The van der Waals surface area contributed by atoms with Gasteiger partial charge < -0.3 is 24.4 Å². The fourth-order valence-corrected chi connectivity index (χ4v) is 3.15. The lowest BCUT2D eigenvalue weighted by molar-refractivity contribution is -0.137. The molecule has 1 saturated heterocycles. The monoisotopic (exact) mass is 364 g/mol. The van der Waals surface area contributed by atoms with Crippen molar-refractivity contribution in [2.24, 2.45) is 5.92 Å². The van der Waals surface area contributed by atoms with Crippen molar-refractivity contribution in [1.29, 1.82) is 0 Å². The second kappa shape index (κ2) is 10.0. The van der Waals surface area contributed by atoms with Gasteiger partial charge >= 0.3 is 0 Å². The first-order valence-corrected chi connectivity index (χ1v) is 8.88. The molecule has 1 aromatic rings. The molecule has 26 heavy (non-hydrogen) atoms. The molecule has 0 radical (unpaired) electrons. The number of amides is 2. The molecule has 1 N–H and O–H groups in total. The molecule has 7 nitrogen and oxygen atoms in total. The lowest BCUT2D eigenvalue weighted by Gasteiger charge is -2.23. The number of hydrogen-bond donors (Lipinski definition) is 1. The van der Waals surface area contributed by atoms with Gasteiger partial charge in [-0.3, -0.25) is 9.59 Å². The number of ether oxygens (including phenoxy) is 3. The summed E-state index contributed by atoms with van der Waals surface area (Å²) >= 11 is 0. The SMILES string of the molecule is COCCN1CCCCC(CC(=O)Nc2ccc(OC)c(OC)c2)C1=O. The van der Waals surface area contributed by atoms with Crippen molar-refractivity contribution in [2.45, 2.75) is 25.7 Å². The van der Waals surface area contributed by atoms with Crippen molar-refractivity contribution in [3.05, 3.63) is 18.2 Å². The largest absolute Gasteiger partial charge is 0.493 e. The van der Waals surface area contributed by atoms with Crippen LogP contribution in [0.1, 0.15) is 25.7 Å². The Kier molecular flexibility index (Phi) is 7.72.